The first-order valence-corrected chi connectivity index (χ1v) is 11.2. The highest BCUT2D eigenvalue weighted by Crippen LogP contribution is 2.43. The van der Waals surface area contributed by atoms with Gasteiger partial charge in [-0.15, -0.1) is 0 Å². The number of rotatable bonds is 11. The fourth-order valence-corrected chi connectivity index (χ4v) is 4.15. The molecule has 5 nitrogen and oxygen atoms in total. The molecule has 0 spiro atoms. The van der Waals surface area contributed by atoms with Gasteiger partial charge in [0.25, 0.3) is 0 Å². The third-order valence-corrected chi connectivity index (χ3v) is 6.03. The molecule has 0 amide bonds. The van der Waals surface area contributed by atoms with Gasteiger partial charge >= 0.3 is 0 Å². The SMILES string of the molecule is CCCCN(CCCC)c1ccc(C2C(=O)C(c3ccc(OC)c(OC)c3)C2=O)cc1. The summed E-state index contributed by atoms with van der Waals surface area (Å²) in [7, 11) is 3.10. The van der Waals surface area contributed by atoms with Crippen LogP contribution in [0.2, 0.25) is 0 Å². The summed E-state index contributed by atoms with van der Waals surface area (Å²) in [5.41, 5.74) is 2.59. The average molecular weight is 424 g/mol. The lowest BCUT2D eigenvalue weighted by Gasteiger charge is -2.33. The fraction of sp³-hybridized carbons (Fsp3) is 0.462. The number of carbonyl (C=O) groups is 2. The van der Waals surface area contributed by atoms with E-state index in [1.807, 2.05) is 24.3 Å². The lowest BCUT2D eigenvalue weighted by molar-refractivity contribution is -0.142. The molecule has 31 heavy (non-hydrogen) atoms. The van der Waals surface area contributed by atoms with Crippen LogP contribution in [0, 0.1) is 0 Å². The van der Waals surface area contributed by atoms with E-state index in [9.17, 15) is 9.59 Å². The first-order chi connectivity index (χ1) is 15.0. The average Bonchev–Trinajstić information content (AvgIpc) is 2.80. The summed E-state index contributed by atoms with van der Waals surface area (Å²) in [6, 6.07) is 13.2. The van der Waals surface area contributed by atoms with Crippen molar-refractivity contribution in [2.75, 3.05) is 32.2 Å². The van der Waals surface area contributed by atoms with Crippen molar-refractivity contribution in [2.24, 2.45) is 0 Å². The van der Waals surface area contributed by atoms with Gasteiger partial charge in [0.15, 0.2) is 23.1 Å². The minimum Gasteiger partial charge on any atom is -0.493 e. The second-order valence-electron chi connectivity index (χ2n) is 8.07. The van der Waals surface area contributed by atoms with Crippen molar-refractivity contribution >= 4 is 17.3 Å². The molecular weight excluding hydrogens is 390 g/mol. The quantitative estimate of drug-likeness (QED) is 0.469. The maximum atomic E-state index is 12.9. The number of anilines is 1. The normalized spacial score (nSPS) is 17.9. The van der Waals surface area contributed by atoms with Crippen LogP contribution in [0.5, 0.6) is 11.5 Å². The zero-order valence-electron chi connectivity index (χ0n) is 19.0. The summed E-state index contributed by atoms with van der Waals surface area (Å²) in [5, 5.41) is 0. The Morgan fingerprint density at radius 1 is 0.742 bits per heavy atom. The minimum absolute atomic E-state index is 0.0567. The van der Waals surface area contributed by atoms with Crippen molar-refractivity contribution in [1.82, 2.24) is 0 Å². The summed E-state index contributed by atoms with van der Waals surface area (Å²) < 4.78 is 10.6. The van der Waals surface area contributed by atoms with Gasteiger partial charge in [0.1, 0.15) is 11.8 Å². The summed E-state index contributed by atoms with van der Waals surface area (Å²) >= 11 is 0. The van der Waals surface area contributed by atoms with Crippen molar-refractivity contribution in [3.8, 4) is 11.5 Å². The Morgan fingerprint density at radius 3 is 1.77 bits per heavy atom. The zero-order chi connectivity index (χ0) is 22.4. The van der Waals surface area contributed by atoms with Crippen LogP contribution in [-0.4, -0.2) is 38.9 Å². The Bertz CT molecular complexity index is 882. The fourth-order valence-electron chi connectivity index (χ4n) is 4.15. The number of unbranched alkanes of at least 4 members (excludes halogenated alkanes) is 2. The highest BCUT2D eigenvalue weighted by molar-refractivity contribution is 6.31. The first-order valence-electron chi connectivity index (χ1n) is 11.2. The number of hydrogen-bond donors (Lipinski definition) is 0. The molecule has 2 aromatic rings. The molecule has 0 atom stereocenters. The molecule has 0 aromatic heterocycles. The number of carbonyl (C=O) groups excluding carboxylic acids is 2. The van der Waals surface area contributed by atoms with E-state index in [0.717, 1.165) is 50.0 Å². The van der Waals surface area contributed by atoms with Crippen LogP contribution in [0.3, 0.4) is 0 Å². The smallest absolute Gasteiger partial charge is 0.162 e. The molecule has 2 aromatic carbocycles. The molecule has 1 fully saturated rings. The number of ether oxygens (including phenoxy) is 2. The molecule has 0 unspecified atom stereocenters. The highest BCUT2D eigenvalue weighted by atomic mass is 16.5. The van der Waals surface area contributed by atoms with Gasteiger partial charge in [-0.05, 0) is 48.2 Å². The first kappa shape index (κ1) is 22.9. The van der Waals surface area contributed by atoms with E-state index in [1.165, 1.54) is 0 Å². The molecule has 0 radical (unpaired) electrons. The summed E-state index contributed by atoms with van der Waals surface area (Å²) in [6.07, 6.45) is 4.61. The zero-order valence-corrected chi connectivity index (χ0v) is 19.0. The van der Waals surface area contributed by atoms with Crippen LogP contribution in [0.25, 0.3) is 0 Å². The maximum absolute atomic E-state index is 12.9. The number of ketones is 2. The lowest BCUT2D eigenvalue weighted by atomic mass is 9.66. The molecule has 1 saturated carbocycles. The predicted octanol–water partition coefficient (Wildman–Crippen LogP) is 5.13. The van der Waals surface area contributed by atoms with Crippen molar-refractivity contribution in [1.29, 1.82) is 0 Å². The molecule has 166 valence electrons. The van der Waals surface area contributed by atoms with Crippen LogP contribution in [0.4, 0.5) is 5.69 Å². The van der Waals surface area contributed by atoms with Crippen LogP contribution >= 0.6 is 0 Å². The Labute approximate surface area is 185 Å². The van der Waals surface area contributed by atoms with E-state index < -0.39 is 11.8 Å². The van der Waals surface area contributed by atoms with Crippen LogP contribution in [0.1, 0.15) is 62.5 Å². The molecule has 0 N–H and O–H groups in total. The molecule has 3 rings (SSSR count). The van der Waals surface area contributed by atoms with Crippen LogP contribution in [-0.2, 0) is 9.59 Å². The van der Waals surface area contributed by atoms with Crippen molar-refractivity contribution < 1.29 is 19.1 Å². The molecule has 0 heterocycles. The van der Waals surface area contributed by atoms with E-state index >= 15 is 0 Å². The maximum Gasteiger partial charge on any atom is 0.162 e. The van der Waals surface area contributed by atoms with E-state index in [4.69, 9.17) is 9.47 Å². The van der Waals surface area contributed by atoms with Crippen LogP contribution in [0.15, 0.2) is 42.5 Å². The van der Waals surface area contributed by atoms with Crippen molar-refractivity contribution in [2.45, 2.75) is 51.4 Å². The minimum atomic E-state index is -0.727. The van der Waals surface area contributed by atoms with E-state index in [-0.39, 0.29) is 11.6 Å². The molecule has 0 bridgehead atoms. The number of methoxy groups -OCH3 is 2. The summed E-state index contributed by atoms with van der Waals surface area (Å²) in [5.74, 6) is -0.416. The number of nitrogens with zero attached hydrogens (tertiary/aromatic N) is 1. The summed E-state index contributed by atoms with van der Waals surface area (Å²) in [6.45, 7) is 6.45. The Kier molecular flexibility index (Phi) is 7.72. The van der Waals surface area contributed by atoms with Crippen LogP contribution < -0.4 is 14.4 Å². The second-order valence-corrected chi connectivity index (χ2v) is 8.07. The van der Waals surface area contributed by atoms with Gasteiger partial charge in [-0.1, -0.05) is 44.9 Å². The van der Waals surface area contributed by atoms with Gasteiger partial charge in [-0.3, -0.25) is 9.59 Å². The number of benzene rings is 2. The lowest BCUT2D eigenvalue weighted by Crippen LogP contribution is -2.44. The van der Waals surface area contributed by atoms with Gasteiger partial charge in [0.05, 0.1) is 14.2 Å². The largest absolute Gasteiger partial charge is 0.493 e. The van der Waals surface area contributed by atoms with E-state index in [0.29, 0.717) is 17.1 Å². The number of hydrogen-bond acceptors (Lipinski definition) is 5. The third kappa shape index (κ3) is 4.76. The predicted molar refractivity (Wildman–Crippen MR) is 124 cm³/mol. The highest BCUT2D eigenvalue weighted by Gasteiger charge is 2.50. The standard InChI is InChI=1S/C26H33NO4/c1-5-7-15-27(16-8-6-2)20-12-9-18(10-13-20)23-25(28)24(26(23)29)19-11-14-21(30-3)22(17-19)31-4/h9-14,17,23-24H,5-8,15-16H2,1-4H3. The monoisotopic (exact) mass is 423 g/mol. The summed E-state index contributed by atoms with van der Waals surface area (Å²) in [4.78, 5) is 28.2. The topological polar surface area (TPSA) is 55.8 Å². The molecule has 0 saturated heterocycles. The van der Waals surface area contributed by atoms with E-state index in [2.05, 4.69) is 18.7 Å². The number of Topliss-reactive ketones (excluding diaryl/α,β-unsaturated/α-hetero) is 2. The Morgan fingerprint density at radius 2 is 1.26 bits per heavy atom. The molecule has 5 heteroatoms. The molecule has 1 aliphatic rings. The Balaban J connectivity index is 1.74. The third-order valence-electron chi connectivity index (χ3n) is 6.03. The second kappa shape index (κ2) is 10.5. The van der Waals surface area contributed by atoms with Gasteiger partial charge < -0.3 is 14.4 Å². The van der Waals surface area contributed by atoms with E-state index in [1.54, 1.807) is 32.4 Å². The van der Waals surface area contributed by atoms with Gasteiger partial charge in [-0.2, -0.15) is 0 Å². The molecule has 1 aliphatic carbocycles. The van der Waals surface area contributed by atoms with Gasteiger partial charge in [0.2, 0.25) is 0 Å². The molecular formula is C26H33NO4. The van der Waals surface area contributed by atoms with Gasteiger partial charge in [-0.25, -0.2) is 0 Å². The van der Waals surface area contributed by atoms with Crippen molar-refractivity contribution in [3.63, 3.8) is 0 Å². The van der Waals surface area contributed by atoms with Gasteiger partial charge in [0, 0.05) is 18.8 Å². The Hall–Kier alpha value is -2.82. The molecule has 0 aliphatic heterocycles. The van der Waals surface area contributed by atoms with Crippen molar-refractivity contribution in [3.05, 3.63) is 53.6 Å².